The van der Waals surface area contributed by atoms with Crippen molar-refractivity contribution >= 4 is 5.82 Å². The van der Waals surface area contributed by atoms with Gasteiger partial charge in [-0.15, -0.1) is 0 Å². The van der Waals surface area contributed by atoms with Gasteiger partial charge in [-0.3, -0.25) is 4.90 Å². The maximum atomic E-state index is 4.53. The second-order valence-corrected chi connectivity index (χ2v) is 5.53. The molecule has 100 valence electrons. The lowest BCUT2D eigenvalue weighted by Crippen LogP contribution is -2.38. The van der Waals surface area contributed by atoms with Crippen LogP contribution in [0.5, 0.6) is 0 Å². The number of anilines is 1. The Morgan fingerprint density at radius 3 is 2.78 bits per heavy atom. The van der Waals surface area contributed by atoms with Crippen LogP contribution in [0.25, 0.3) is 0 Å². The van der Waals surface area contributed by atoms with Crippen LogP contribution in [0.15, 0.2) is 12.3 Å². The first kappa shape index (κ1) is 13.3. The largest absolute Gasteiger partial charge is 0.373 e. The number of nitrogens with zero attached hydrogens (tertiary/aromatic N) is 2. The Balaban J connectivity index is 2.25. The molecule has 3 heteroatoms. The molecule has 0 unspecified atom stereocenters. The van der Waals surface area contributed by atoms with Crippen molar-refractivity contribution < 1.29 is 0 Å². The fourth-order valence-corrected chi connectivity index (χ4v) is 2.97. The van der Waals surface area contributed by atoms with E-state index in [2.05, 4.69) is 42.0 Å². The highest BCUT2D eigenvalue weighted by molar-refractivity contribution is 5.44. The molecule has 0 radical (unpaired) electrons. The summed E-state index contributed by atoms with van der Waals surface area (Å²) < 4.78 is 0. The molecular formula is C15H25N3. The first-order valence-corrected chi connectivity index (χ1v) is 7.03. The maximum absolute atomic E-state index is 4.53. The summed E-state index contributed by atoms with van der Waals surface area (Å²) in [6, 6.07) is 3.46. The Hall–Kier alpha value is -1.09. The molecule has 18 heavy (non-hydrogen) atoms. The van der Waals surface area contributed by atoms with Crippen LogP contribution < -0.4 is 5.32 Å². The Bertz CT molecular complexity index is 401. The van der Waals surface area contributed by atoms with Gasteiger partial charge in [0, 0.05) is 25.3 Å². The molecule has 1 aromatic heterocycles. The minimum absolute atomic E-state index is 0.552. The number of aryl methyl sites for hydroxylation is 1. The first-order chi connectivity index (χ1) is 8.63. The summed E-state index contributed by atoms with van der Waals surface area (Å²) in [5.41, 5.74) is 2.61. The maximum Gasteiger partial charge on any atom is 0.128 e. The molecule has 0 bridgehead atoms. The van der Waals surface area contributed by atoms with Crippen LogP contribution in [0.3, 0.4) is 0 Å². The molecule has 0 aliphatic carbocycles. The predicted octanol–water partition coefficient (Wildman–Crippen LogP) is 3.37. The summed E-state index contributed by atoms with van der Waals surface area (Å²) in [7, 11) is 1.93. The molecule has 1 aliphatic heterocycles. The van der Waals surface area contributed by atoms with Gasteiger partial charge in [0.25, 0.3) is 0 Å². The highest BCUT2D eigenvalue weighted by Gasteiger charge is 2.26. The van der Waals surface area contributed by atoms with Crippen molar-refractivity contribution in [2.75, 3.05) is 18.9 Å². The average molecular weight is 247 g/mol. The van der Waals surface area contributed by atoms with E-state index in [1.165, 1.54) is 36.9 Å². The highest BCUT2D eigenvalue weighted by atomic mass is 15.2. The summed E-state index contributed by atoms with van der Waals surface area (Å²) in [6.45, 7) is 7.93. The van der Waals surface area contributed by atoms with E-state index < -0.39 is 0 Å². The molecule has 1 aliphatic rings. The SMILES string of the molecule is CNc1ncc([C@H]2CCCCN2C(C)C)cc1C. The average Bonchev–Trinajstić information content (AvgIpc) is 2.38. The molecule has 3 nitrogen and oxygen atoms in total. The molecule has 1 fully saturated rings. The van der Waals surface area contributed by atoms with E-state index in [1.807, 2.05) is 13.2 Å². The summed E-state index contributed by atoms with van der Waals surface area (Å²) >= 11 is 0. The molecule has 0 saturated carbocycles. The van der Waals surface area contributed by atoms with Gasteiger partial charge in [0.15, 0.2) is 0 Å². The van der Waals surface area contributed by atoms with Crippen molar-refractivity contribution in [2.24, 2.45) is 0 Å². The number of rotatable bonds is 3. The minimum atomic E-state index is 0.552. The molecule has 2 heterocycles. The van der Waals surface area contributed by atoms with Crippen LogP contribution in [0, 0.1) is 6.92 Å². The van der Waals surface area contributed by atoms with Crippen LogP contribution in [0.4, 0.5) is 5.82 Å². The lowest BCUT2D eigenvalue weighted by Gasteiger charge is -2.39. The third-order valence-corrected chi connectivity index (χ3v) is 3.93. The van der Waals surface area contributed by atoms with Crippen molar-refractivity contribution in [2.45, 2.75) is 52.1 Å². The number of hydrogen-bond acceptors (Lipinski definition) is 3. The Morgan fingerprint density at radius 2 is 2.17 bits per heavy atom. The van der Waals surface area contributed by atoms with Crippen LogP contribution in [-0.2, 0) is 0 Å². The molecule has 1 aromatic rings. The van der Waals surface area contributed by atoms with Crippen LogP contribution in [0.1, 0.15) is 50.3 Å². The molecule has 1 saturated heterocycles. The fourth-order valence-electron chi connectivity index (χ4n) is 2.97. The summed E-state index contributed by atoms with van der Waals surface area (Å²) in [6.07, 6.45) is 5.97. The van der Waals surface area contributed by atoms with E-state index in [9.17, 15) is 0 Å². The van der Waals surface area contributed by atoms with Crippen molar-refractivity contribution in [3.05, 3.63) is 23.4 Å². The lowest BCUT2D eigenvalue weighted by molar-refractivity contribution is 0.112. The normalized spacial score (nSPS) is 21.3. The Labute approximate surface area is 111 Å². The van der Waals surface area contributed by atoms with Gasteiger partial charge >= 0.3 is 0 Å². The zero-order valence-electron chi connectivity index (χ0n) is 12.0. The topological polar surface area (TPSA) is 28.2 Å². The fraction of sp³-hybridized carbons (Fsp3) is 0.667. The molecule has 2 rings (SSSR count). The van der Waals surface area contributed by atoms with Gasteiger partial charge in [-0.25, -0.2) is 4.98 Å². The standard InChI is InChI=1S/C15H25N3/c1-11(2)18-8-6-5-7-14(18)13-9-12(3)15(16-4)17-10-13/h9-11,14H,5-8H2,1-4H3,(H,16,17)/t14-/m1/s1. The molecule has 1 N–H and O–H groups in total. The summed E-state index contributed by atoms with van der Waals surface area (Å²) in [5.74, 6) is 0.991. The molecule has 0 amide bonds. The monoisotopic (exact) mass is 247 g/mol. The first-order valence-electron chi connectivity index (χ1n) is 7.03. The number of pyridine rings is 1. The van der Waals surface area contributed by atoms with Crippen molar-refractivity contribution in [3.8, 4) is 0 Å². The Morgan fingerprint density at radius 1 is 1.39 bits per heavy atom. The Kier molecular flexibility index (Phi) is 4.23. The van der Waals surface area contributed by atoms with Crippen LogP contribution in [-0.4, -0.2) is 29.5 Å². The zero-order valence-corrected chi connectivity index (χ0v) is 12.0. The van der Waals surface area contributed by atoms with Gasteiger partial charge in [0.1, 0.15) is 5.82 Å². The van der Waals surface area contributed by atoms with Crippen molar-refractivity contribution in [1.82, 2.24) is 9.88 Å². The van der Waals surface area contributed by atoms with Crippen molar-refractivity contribution in [3.63, 3.8) is 0 Å². The van der Waals surface area contributed by atoms with E-state index in [0.717, 1.165) is 5.82 Å². The van der Waals surface area contributed by atoms with Gasteiger partial charge < -0.3 is 5.32 Å². The van der Waals surface area contributed by atoms with Crippen LogP contribution in [0.2, 0.25) is 0 Å². The van der Waals surface area contributed by atoms with E-state index in [0.29, 0.717) is 12.1 Å². The van der Waals surface area contributed by atoms with E-state index in [-0.39, 0.29) is 0 Å². The lowest BCUT2D eigenvalue weighted by atomic mass is 9.94. The van der Waals surface area contributed by atoms with E-state index in [1.54, 1.807) is 0 Å². The number of hydrogen-bond donors (Lipinski definition) is 1. The van der Waals surface area contributed by atoms with E-state index >= 15 is 0 Å². The molecule has 0 aromatic carbocycles. The third-order valence-electron chi connectivity index (χ3n) is 3.93. The summed E-state index contributed by atoms with van der Waals surface area (Å²) in [4.78, 5) is 7.14. The number of nitrogens with one attached hydrogen (secondary N) is 1. The zero-order chi connectivity index (χ0) is 13.1. The second-order valence-electron chi connectivity index (χ2n) is 5.53. The number of likely N-dealkylation sites (tertiary alicyclic amines) is 1. The van der Waals surface area contributed by atoms with Gasteiger partial charge in [0.05, 0.1) is 0 Å². The third kappa shape index (κ3) is 2.66. The van der Waals surface area contributed by atoms with Crippen LogP contribution >= 0.6 is 0 Å². The highest BCUT2D eigenvalue weighted by Crippen LogP contribution is 2.33. The van der Waals surface area contributed by atoms with Gasteiger partial charge in [-0.05, 0) is 57.4 Å². The molecule has 0 spiro atoms. The number of piperidine rings is 1. The van der Waals surface area contributed by atoms with Gasteiger partial charge in [-0.1, -0.05) is 6.42 Å². The van der Waals surface area contributed by atoms with Gasteiger partial charge in [-0.2, -0.15) is 0 Å². The summed E-state index contributed by atoms with van der Waals surface area (Å²) in [5, 5.41) is 3.13. The number of aromatic nitrogens is 1. The smallest absolute Gasteiger partial charge is 0.128 e. The van der Waals surface area contributed by atoms with E-state index in [4.69, 9.17) is 0 Å². The molecular weight excluding hydrogens is 222 g/mol. The van der Waals surface area contributed by atoms with Crippen molar-refractivity contribution in [1.29, 1.82) is 0 Å². The predicted molar refractivity (Wildman–Crippen MR) is 77.0 cm³/mol. The minimum Gasteiger partial charge on any atom is -0.373 e. The second kappa shape index (κ2) is 5.70. The molecule has 1 atom stereocenters. The van der Waals surface area contributed by atoms with Gasteiger partial charge in [0.2, 0.25) is 0 Å². The quantitative estimate of drug-likeness (QED) is 0.887.